The summed E-state index contributed by atoms with van der Waals surface area (Å²) < 4.78 is 94.5. The molecule has 0 rings (SSSR count). The molecular weight excluding hydrogens is 260 g/mol. The first-order chi connectivity index (χ1) is 6.48. The van der Waals surface area contributed by atoms with Crippen molar-refractivity contribution < 1.29 is 35.1 Å². The topological polar surface area (TPSA) is 0 Å². The number of halogens is 9. The summed E-state index contributed by atoms with van der Waals surface area (Å²) in [5.41, 5.74) is 0. The fourth-order valence-corrected chi connectivity index (χ4v) is 0.792. The minimum Gasteiger partial charge on any atom is -0.236 e. The van der Waals surface area contributed by atoms with Gasteiger partial charge in [-0.15, -0.1) is 11.6 Å². The van der Waals surface area contributed by atoms with Gasteiger partial charge in [-0.25, -0.2) is 4.39 Å². The monoisotopic (exact) mass is 262 g/mol. The molecule has 0 bridgehead atoms. The van der Waals surface area contributed by atoms with E-state index in [1.807, 2.05) is 0 Å². The lowest BCUT2D eigenvalue weighted by Gasteiger charge is -2.22. The second-order valence-corrected chi connectivity index (χ2v) is 2.92. The van der Waals surface area contributed by atoms with E-state index in [0.717, 1.165) is 0 Å². The lowest BCUT2D eigenvalue weighted by Crippen LogP contribution is -2.43. The maximum Gasteiger partial charge on any atom is 0.421 e. The van der Waals surface area contributed by atoms with Gasteiger partial charge in [0, 0.05) is 0 Å². The molecule has 0 aliphatic rings. The lowest BCUT2D eigenvalue weighted by atomic mass is 10.1. The normalized spacial score (nSPS) is 17.1. The maximum absolute atomic E-state index is 12.4. The molecule has 2 unspecified atom stereocenters. The predicted octanol–water partition coefficient (Wildman–Crippen LogP) is 3.91. The van der Waals surface area contributed by atoms with Crippen molar-refractivity contribution in [1.82, 2.24) is 0 Å². The molecule has 2 atom stereocenters. The molecule has 0 amide bonds. The van der Waals surface area contributed by atoms with E-state index in [1.165, 1.54) is 0 Å². The van der Waals surface area contributed by atoms with E-state index in [0.29, 0.717) is 0 Å². The smallest absolute Gasteiger partial charge is 0.236 e. The Labute approximate surface area is 83.5 Å². The van der Waals surface area contributed by atoms with Gasteiger partial charge in [0.2, 0.25) is 6.17 Å². The van der Waals surface area contributed by atoms with Crippen LogP contribution in [0.25, 0.3) is 0 Å². The molecule has 0 heterocycles. The SMILES string of the molecule is FC(F)=CC(F)(F)C(Cl)C(F)C(F)(F)F. The van der Waals surface area contributed by atoms with Crippen LogP contribution in [0.2, 0.25) is 0 Å². The van der Waals surface area contributed by atoms with E-state index in [2.05, 4.69) is 11.6 Å². The minimum absolute atomic E-state index is 1.12. The number of allylic oxidation sites excluding steroid dienone is 1. The minimum atomic E-state index is -5.63. The second-order valence-electron chi connectivity index (χ2n) is 2.45. The molecule has 0 N–H and O–H groups in total. The highest BCUT2D eigenvalue weighted by molar-refractivity contribution is 6.21. The van der Waals surface area contributed by atoms with Gasteiger partial charge >= 0.3 is 6.18 Å². The second kappa shape index (κ2) is 4.54. The Hall–Kier alpha value is -0.530. The van der Waals surface area contributed by atoms with Crippen LogP contribution in [-0.4, -0.2) is 23.6 Å². The van der Waals surface area contributed by atoms with Gasteiger partial charge < -0.3 is 0 Å². The van der Waals surface area contributed by atoms with Gasteiger partial charge in [0.05, 0.1) is 6.08 Å². The standard InChI is InChI=1S/C6H3ClF8/c7-3(4(10)6(13,14)15)5(11,12)1-2(8)9/h1,3-4H. The first-order valence-electron chi connectivity index (χ1n) is 3.25. The Bertz CT molecular complexity index is 240. The fraction of sp³-hybridized carbons (Fsp3) is 0.667. The van der Waals surface area contributed by atoms with Gasteiger partial charge in [-0.05, 0) is 0 Å². The number of hydrogen-bond donors (Lipinski definition) is 0. The van der Waals surface area contributed by atoms with Crippen molar-refractivity contribution in [1.29, 1.82) is 0 Å². The van der Waals surface area contributed by atoms with Crippen LogP contribution >= 0.6 is 11.6 Å². The van der Waals surface area contributed by atoms with Crippen LogP contribution in [0.4, 0.5) is 35.1 Å². The Morgan fingerprint density at radius 2 is 1.47 bits per heavy atom. The Balaban J connectivity index is 4.85. The zero-order valence-electron chi connectivity index (χ0n) is 6.63. The van der Waals surface area contributed by atoms with Crippen LogP contribution in [0, 0.1) is 0 Å². The molecule has 0 aromatic rings. The van der Waals surface area contributed by atoms with Crippen LogP contribution in [0.15, 0.2) is 12.2 Å². The summed E-state index contributed by atoms with van der Waals surface area (Å²) in [4.78, 5) is 0. The molecule has 0 fully saturated rings. The Kier molecular flexibility index (Phi) is 4.38. The third kappa shape index (κ3) is 4.23. The summed E-state index contributed by atoms with van der Waals surface area (Å²) in [6.45, 7) is 0. The summed E-state index contributed by atoms with van der Waals surface area (Å²) >= 11 is 4.43. The highest BCUT2D eigenvalue weighted by Crippen LogP contribution is 2.37. The van der Waals surface area contributed by atoms with E-state index >= 15 is 0 Å². The number of hydrogen-bond acceptors (Lipinski definition) is 0. The van der Waals surface area contributed by atoms with Crippen LogP contribution in [-0.2, 0) is 0 Å². The molecule has 0 aliphatic carbocycles. The first-order valence-corrected chi connectivity index (χ1v) is 3.68. The third-order valence-corrected chi connectivity index (χ3v) is 1.75. The average molecular weight is 263 g/mol. The van der Waals surface area contributed by atoms with Crippen molar-refractivity contribution in [2.45, 2.75) is 23.6 Å². The molecule has 0 nitrogen and oxygen atoms in total. The molecule has 0 radical (unpaired) electrons. The highest BCUT2D eigenvalue weighted by atomic mass is 35.5. The third-order valence-electron chi connectivity index (χ3n) is 1.24. The lowest BCUT2D eigenvalue weighted by molar-refractivity contribution is -0.192. The summed E-state index contributed by atoms with van der Waals surface area (Å²) in [6, 6.07) is 0. The summed E-state index contributed by atoms with van der Waals surface area (Å²) in [7, 11) is 0. The van der Waals surface area contributed by atoms with E-state index < -0.39 is 35.8 Å². The van der Waals surface area contributed by atoms with Gasteiger partial charge in [-0.1, -0.05) is 0 Å². The maximum atomic E-state index is 12.4. The molecule has 9 heteroatoms. The van der Waals surface area contributed by atoms with Crippen molar-refractivity contribution in [3.8, 4) is 0 Å². The first kappa shape index (κ1) is 14.5. The van der Waals surface area contributed by atoms with E-state index in [-0.39, 0.29) is 0 Å². The largest absolute Gasteiger partial charge is 0.421 e. The summed E-state index contributed by atoms with van der Waals surface area (Å²) in [5, 5.41) is -3.43. The number of alkyl halides is 7. The van der Waals surface area contributed by atoms with Crippen molar-refractivity contribution in [2.75, 3.05) is 0 Å². The average Bonchev–Trinajstić information content (AvgIpc) is 1.97. The molecule has 0 aromatic heterocycles. The molecule has 0 spiro atoms. The molecule has 0 saturated heterocycles. The molecule has 90 valence electrons. The Morgan fingerprint density at radius 1 is 1.07 bits per heavy atom. The Morgan fingerprint density at radius 3 is 1.73 bits per heavy atom. The van der Waals surface area contributed by atoms with Crippen LogP contribution in [0.1, 0.15) is 0 Å². The van der Waals surface area contributed by atoms with Crippen molar-refractivity contribution in [3.63, 3.8) is 0 Å². The van der Waals surface area contributed by atoms with Gasteiger partial charge in [0.15, 0.2) is 0 Å². The molecular formula is C6H3ClF8. The zero-order valence-corrected chi connectivity index (χ0v) is 7.39. The van der Waals surface area contributed by atoms with Crippen molar-refractivity contribution >= 4 is 11.6 Å². The van der Waals surface area contributed by atoms with Gasteiger partial charge in [-0.3, -0.25) is 0 Å². The van der Waals surface area contributed by atoms with Crippen LogP contribution < -0.4 is 0 Å². The highest BCUT2D eigenvalue weighted by Gasteiger charge is 2.54. The van der Waals surface area contributed by atoms with Gasteiger partial charge in [0.25, 0.3) is 12.0 Å². The van der Waals surface area contributed by atoms with Crippen LogP contribution in [0.5, 0.6) is 0 Å². The van der Waals surface area contributed by atoms with Crippen LogP contribution in [0.3, 0.4) is 0 Å². The quantitative estimate of drug-likeness (QED) is 0.534. The van der Waals surface area contributed by atoms with E-state index in [9.17, 15) is 35.1 Å². The summed E-state index contributed by atoms with van der Waals surface area (Å²) in [6.07, 6.45) is -13.8. The van der Waals surface area contributed by atoms with E-state index in [4.69, 9.17) is 0 Å². The van der Waals surface area contributed by atoms with Crippen molar-refractivity contribution in [3.05, 3.63) is 12.2 Å². The zero-order chi connectivity index (χ0) is 12.4. The molecule has 0 aromatic carbocycles. The van der Waals surface area contributed by atoms with Crippen molar-refractivity contribution in [2.24, 2.45) is 0 Å². The fourth-order valence-electron chi connectivity index (χ4n) is 0.586. The summed E-state index contributed by atoms with van der Waals surface area (Å²) in [5.74, 6) is -4.78. The molecule has 0 aliphatic heterocycles. The van der Waals surface area contributed by atoms with E-state index in [1.54, 1.807) is 0 Å². The molecule has 15 heavy (non-hydrogen) atoms. The molecule has 0 saturated carbocycles. The number of rotatable bonds is 3. The van der Waals surface area contributed by atoms with Gasteiger partial charge in [0.1, 0.15) is 5.38 Å². The van der Waals surface area contributed by atoms with Gasteiger partial charge in [-0.2, -0.15) is 30.7 Å². The predicted molar refractivity (Wildman–Crippen MR) is 35.8 cm³/mol.